The number of ether oxygens (including phenoxy) is 1. The number of hydrogen-bond donors (Lipinski definition) is 2. The van der Waals surface area contributed by atoms with Gasteiger partial charge >= 0.3 is 0 Å². The summed E-state index contributed by atoms with van der Waals surface area (Å²) in [5.74, 6) is 1.81. The van der Waals surface area contributed by atoms with E-state index in [-0.39, 0.29) is 36.8 Å². The molecule has 0 spiro atoms. The van der Waals surface area contributed by atoms with Gasteiger partial charge in [-0.15, -0.1) is 24.8 Å². The van der Waals surface area contributed by atoms with Gasteiger partial charge in [-0.25, -0.2) is 4.98 Å². The Kier molecular flexibility index (Phi) is 9.50. The molecule has 1 aromatic heterocycles. The predicted molar refractivity (Wildman–Crippen MR) is 104 cm³/mol. The van der Waals surface area contributed by atoms with E-state index in [2.05, 4.69) is 27.4 Å². The smallest absolute Gasteiger partial charge is 0.234 e. The summed E-state index contributed by atoms with van der Waals surface area (Å²) in [6.07, 6.45) is 4.68. The molecule has 0 bridgehead atoms. The fourth-order valence-corrected chi connectivity index (χ4v) is 2.71. The Morgan fingerprint density at radius 3 is 2.80 bits per heavy atom. The van der Waals surface area contributed by atoms with Crippen LogP contribution >= 0.6 is 24.8 Å². The molecule has 1 aliphatic carbocycles. The minimum Gasteiger partial charge on any atom is -0.375 e. The van der Waals surface area contributed by atoms with E-state index in [1.165, 1.54) is 12.8 Å². The van der Waals surface area contributed by atoms with Gasteiger partial charge in [-0.1, -0.05) is 6.07 Å². The van der Waals surface area contributed by atoms with E-state index < -0.39 is 0 Å². The van der Waals surface area contributed by atoms with E-state index in [4.69, 9.17) is 4.74 Å². The molecule has 1 aliphatic heterocycles. The van der Waals surface area contributed by atoms with Gasteiger partial charge < -0.3 is 20.3 Å². The van der Waals surface area contributed by atoms with E-state index in [9.17, 15) is 4.79 Å². The summed E-state index contributed by atoms with van der Waals surface area (Å²) in [6, 6.07) is 4.05. The van der Waals surface area contributed by atoms with Crippen LogP contribution in [0.3, 0.4) is 0 Å². The minimum atomic E-state index is 0. The van der Waals surface area contributed by atoms with Gasteiger partial charge in [-0.3, -0.25) is 4.79 Å². The van der Waals surface area contributed by atoms with Gasteiger partial charge in [0, 0.05) is 25.8 Å². The van der Waals surface area contributed by atoms with Crippen LogP contribution in [0.5, 0.6) is 0 Å². The number of hydrogen-bond acceptors (Lipinski definition) is 5. The highest BCUT2D eigenvalue weighted by Crippen LogP contribution is 2.27. The highest BCUT2D eigenvalue weighted by Gasteiger charge is 2.20. The summed E-state index contributed by atoms with van der Waals surface area (Å²) in [6.45, 7) is 6.45. The zero-order chi connectivity index (χ0) is 16.1. The third-order valence-electron chi connectivity index (χ3n) is 4.28. The Morgan fingerprint density at radius 2 is 2.16 bits per heavy atom. The third kappa shape index (κ3) is 7.36. The number of pyridine rings is 1. The number of rotatable bonds is 7. The minimum absolute atomic E-state index is 0. The molecular formula is C17H28Cl2N4O2. The maximum Gasteiger partial charge on any atom is 0.234 e. The van der Waals surface area contributed by atoms with Crippen LogP contribution in [0, 0.1) is 5.92 Å². The second kappa shape index (κ2) is 10.8. The number of carbonyl (C=O) groups is 1. The summed E-state index contributed by atoms with van der Waals surface area (Å²) in [7, 11) is 0. The third-order valence-corrected chi connectivity index (χ3v) is 4.28. The van der Waals surface area contributed by atoms with Crippen molar-refractivity contribution in [1.82, 2.24) is 15.6 Å². The topological polar surface area (TPSA) is 66.5 Å². The Morgan fingerprint density at radius 1 is 1.36 bits per heavy atom. The van der Waals surface area contributed by atoms with Gasteiger partial charge in [-0.05, 0) is 43.9 Å². The van der Waals surface area contributed by atoms with Crippen molar-refractivity contribution in [2.75, 3.05) is 37.7 Å². The molecule has 0 aromatic carbocycles. The van der Waals surface area contributed by atoms with Crippen molar-refractivity contribution in [2.45, 2.75) is 32.4 Å². The molecule has 1 aromatic rings. The van der Waals surface area contributed by atoms with Crippen molar-refractivity contribution in [3.63, 3.8) is 0 Å². The van der Waals surface area contributed by atoms with Crippen LogP contribution < -0.4 is 15.5 Å². The standard InChI is InChI=1S/C17H26N4O2.2ClH/c1-13-12-21(6-7-23-13)16-5-4-15(9-19-16)10-20-17(22)11-18-8-14-2-3-14;;/h4-5,9,13-14,18H,2-3,6-8,10-12H2,1H3,(H,20,22);2*1H. The van der Waals surface area contributed by atoms with Crippen LogP contribution in [0.15, 0.2) is 18.3 Å². The van der Waals surface area contributed by atoms with Gasteiger partial charge in [0.25, 0.3) is 0 Å². The molecule has 8 heteroatoms. The Hall–Kier alpha value is -1.08. The lowest BCUT2D eigenvalue weighted by atomic mass is 10.2. The SMILES string of the molecule is CC1CN(c2ccc(CNC(=O)CNCC3CC3)cn2)CCO1.Cl.Cl. The molecule has 1 amide bonds. The van der Waals surface area contributed by atoms with Crippen molar-refractivity contribution in [3.8, 4) is 0 Å². The summed E-state index contributed by atoms with van der Waals surface area (Å²) in [4.78, 5) is 18.5. The molecule has 1 atom stereocenters. The van der Waals surface area contributed by atoms with E-state index in [1.807, 2.05) is 18.3 Å². The maximum atomic E-state index is 11.8. The molecule has 3 rings (SSSR count). The molecule has 1 saturated heterocycles. The molecular weight excluding hydrogens is 363 g/mol. The first-order valence-corrected chi connectivity index (χ1v) is 8.49. The van der Waals surface area contributed by atoms with Crippen molar-refractivity contribution in [3.05, 3.63) is 23.9 Å². The Labute approximate surface area is 161 Å². The van der Waals surface area contributed by atoms with Crippen LogP contribution in [-0.4, -0.2) is 49.8 Å². The first-order chi connectivity index (χ1) is 11.2. The molecule has 2 heterocycles. The zero-order valence-electron chi connectivity index (χ0n) is 14.6. The fraction of sp³-hybridized carbons (Fsp3) is 0.647. The summed E-state index contributed by atoms with van der Waals surface area (Å²) in [5, 5.41) is 6.12. The quantitative estimate of drug-likeness (QED) is 0.742. The summed E-state index contributed by atoms with van der Waals surface area (Å²) in [5.41, 5.74) is 1.02. The largest absolute Gasteiger partial charge is 0.375 e. The van der Waals surface area contributed by atoms with Crippen molar-refractivity contribution in [1.29, 1.82) is 0 Å². The first-order valence-electron chi connectivity index (χ1n) is 8.49. The number of amides is 1. The fourth-order valence-electron chi connectivity index (χ4n) is 2.71. The van der Waals surface area contributed by atoms with Gasteiger partial charge in [0.15, 0.2) is 0 Å². The number of anilines is 1. The molecule has 2 aliphatic rings. The van der Waals surface area contributed by atoms with Crippen molar-refractivity contribution in [2.24, 2.45) is 5.92 Å². The van der Waals surface area contributed by atoms with E-state index in [0.29, 0.717) is 13.1 Å². The van der Waals surface area contributed by atoms with Gasteiger partial charge in [0.1, 0.15) is 5.82 Å². The number of nitrogens with one attached hydrogen (secondary N) is 2. The van der Waals surface area contributed by atoms with E-state index in [1.54, 1.807) is 0 Å². The highest BCUT2D eigenvalue weighted by atomic mass is 35.5. The lowest BCUT2D eigenvalue weighted by Crippen LogP contribution is -2.41. The van der Waals surface area contributed by atoms with Gasteiger partial charge in [0.2, 0.25) is 5.91 Å². The summed E-state index contributed by atoms with van der Waals surface area (Å²) < 4.78 is 5.55. The highest BCUT2D eigenvalue weighted by molar-refractivity contribution is 5.85. The van der Waals surface area contributed by atoms with E-state index >= 15 is 0 Å². The number of carbonyl (C=O) groups excluding carboxylic acids is 1. The monoisotopic (exact) mass is 390 g/mol. The van der Waals surface area contributed by atoms with Crippen LogP contribution in [-0.2, 0) is 16.1 Å². The lowest BCUT2D eigenvalue weighted by Gasteiger charge is -2.32. The molecule has 142 valence electrons. The van der Waals surface area contributed by atoms with Gasteiger partial charge in [-0.2, -0.15) is 0 Å². The normalized spacial score (nSPS) is 19.6. The zero-order valence-corrected chi connectivity index (χ0v) is 16.2. The first kappa shape index (κ1) is 22.0. The maximum absolute atomic E-state index is 11.8. The second-order valence-electron chi connectivity index (χ2n) is 6.50. The number of morpholine rings is 1. The molecule has 2 fully saturated rings. The number of aromatic nitrogens is 1. The van der Waals surface area contributed by atoms with Crippen molar-refractivity contribution < 1.29 is 9.53 Å². The van der Waals surface area contributed by atoms with Crippen LogP contribution in [0.2, 0.25) is 0 Å². The van der Waals surface area contributed by atoms with Crippen LogP contribution in [0.1, 0.15) is 25.3 Å². The Balaban J connectivity index is 0.00000156. The van der Waals surface area contributed by atoms with Gasteiger partial charge in [0.05, 0.1) is 19.3 Å². The van der Waals surface area contributed by atoms with Crippen LogP contribution in [0.25, 0.3) is 0 Å². The molecule has 6 nitrogen and oxygen atoms in total. The molecule has 2 N–H and O–H groups in total. The average molecular weight is 391 g/mol. The predicted octanol–water partition coefficient (Wildman–Crippen LogP) is 1.77. The van der Waals surface area contributed by atoms with E-state index in [0.717, 1.165) is 43.5 Å². The second-order valence-corrected chi connectivity index (χ2v) is 6.50. The van der Waals surface area contributed by atoms with Crippen molar-refractivity contribution >= 4 is 36.5 Å². The molecule has 25 heavy (non-hydrogen) atoms. The number of nitrogens with zero attached hydrogens (tertiary/aromatic N) is 2. The molecule has 1 unspecified atom stereocenters. The van der Waals surface area contributed by atoms with Crippen LogP contribution in [0.4, 0.5) is 5.82 Å². The summed E-state index contributed by atoms with van der Waals surface area (Å²) >= 11 is 0. The lowest BCUT2D eigenvalue weighted by molar-refractivity contribution is -0.120. The average Bonchev–Trinajstić information content (AvgIpc) is 3.38. The molecule has 0 radical (unpaired) electrons. The molecule has 1 saturated carbocycles. The Bertz CT molecular complexity index is 526. The number of halogens is 2.